The van der Waals surface area contributed by atoms with Crippen LogP contribution in [0.2, 0.25) is 0 Å². The van der Waals surface area contributed by atoms with Gasteiger partial charge in [-0.3, -0.25) is 0 Å². The summed E-state index contributed by atoms with van der Waals surface area (Å²) in [5.74, 6) is 0. The molecule has 0 N–H and O–H groups in total. The Hall–Kier alpha value is -7.48. The molecular weight excluding hydrogens is 687 g/mol. The van der Waals surface area contributed by atoms with Gasteiger partial charge in [-0.15, -0.1) is 0 Å². The third-order valence-electron chi connectivity index (χ3n) is 11.1. The highest BCUT2D eigenvalue weighted by molar-refractivity contribution is 6.13. The van der Waals surface area contributed by atoms with Crippen LogP contribution < -0.4 is 4.90 Å². The van der Waals surface area contributed by atoms with Gasteiger partial charge in [0.2, 0.25) is 0 Å². The van der Waals surface area contributed by atoms with Crippen molar-refractivity contribution < 1.29 is 0 Å². The lowest BCUT2D eigenvalue weighted by atomic mass is 9.91. The molecule has 0 aliphatic rings. The zero-order valence-corrected chi connectivity index (χ0v) is 31.5. The molecule has 0 aliphatic carbocycles. The second kappa shape index (κ2) is 15.0. The van der Waals surface area contributed by atoms with Crippen LogP contribution in [-0.4, -0.2) is 0 Å². The summed E-state index contributed by atoms with van der Waals surface area (Å²) in [5, 5.41) is 5.08. The van der Waals surface area contributed by atoms with Gasteiger partial charge in [0, 0.05) is 17.1 Å². The topological polar surface area (TPSA) is 3.24 Å². The minimum atomic E-state index is 1.10. The second-order valence-corrected chi connectivity index (χ2v) is 14.5. The van der Waals surface area contributed by atoms with Crippen molar-refractivity contribution in [2.75, 3.05) is 4.90 Å². The molecule has 0 aromatic heterocycles. The van der Waals surface area contributed by atoms with Gasteiger partial charge in [0.05, 0.1) is 0 Å². The zero-order valence-electron chi connectivity index (χ0n) is 31.5. The van der Waals surface area contributed by atoms with Gasteiger partial charge >= 0.3 is 0 Å². The van der Waals surface area contributed by atoms with Crippen LogP contribution in [0.3, 0.4) is 0 Å². The largest absolute Gasteiger partial charge is 0.311 e. The number of anilines is 3. The van der Waals surface area contributed by atoms with Gasteiger partial charge in [-0.1, -0.05) is 188 Å². The van der Waals surface area contributed by atoms with E-state index in [0.29, 0.717) is 0 Å². The monoisotopic (exact) mass is 725 g/mol. The van der Waals surface area contributed by atoms with E-state index in [4.69, 9.17) is 0 Å². The van der Waals surface area contributed by atoms with Crippen molar-refractivity contribution in [2.24, 2.45) is 0 Å². The van der Waals surface area contributed by atoms with E-state index in [1.54, 1.807) is 0 Å². The SMILES string of the molecule is c1ccc(-c2ccc(N(c3ccc(-c4ccc(-c5ccccc5)c(-c5ccccc5)c4)cc3)c3ccc(-c4cc5ccccc5c5ccccc45)cc3)cc2)cc1. The summed E-state index contributed by atoms with van der Waals surface area (Å²) < 4.78 is 0. The molecule has 10 aromatic carbocycles. The molecule has 0 unspecified atom stereocenters. The predicted octanol–water partition coefficient (Wildman–Crippen LogP) is 15.8. The van der Waals surface area contributed by atoms with Crippen LogP contribution in [-0.2, 0) is 0 Å². The van der Waals surface area contributed by atoms with E-state index < -0.39 is 0 Å². The molecular formula is C56H39N. The van der Waals surface area contributed by atoms with Crippen LogP contribution in [0.5, 0.6) is 0 Å². The van der Waals surface area contributed by atoms with Gasteiger partial charge in [0.1, 0.15) is 0 Å². The predicted molar refractivity (Wildman–Crippen MR) is 243 cm³/mol. The molecule has 0 heterocycles. The van der Waals surface area contributed by atoms with Crippen molar-refractivity contribution in [1.82, 2.24) is 0 Å². The molecule has 1 nitrogen and oxygen atoms in total. The molecule has 10 aromatic rings. The van der Waals surface area contributed by atoms with Crippen molar-refractivity contribution in [3.8, 4) is 55.6 Å². The maximum absolute atomic E-state index is 2.36. The van der Waals surface area contributed by atoms with Crippen molar-refractivity contribution in [1.29, 1.82) is 0 Å². The van der Waals surface area contributed by atoms with Crippen LogP contribution in [0.25, 0.3) is 77.2 Å². The minimum Gasteiger partial charge on any atom is -0.311 e. The Morgan fingerprint density at radius 2 is 0.596 bits per heavy atom. The van der Waals surface area contributed by atoms with E-state index in [-0.39, 0.29) is 0 Å². The number of rotatable bonds is 8. The normalized spacial score (nSPS) is 11.2. The third-order valence-corrected chi connectivity index (χ3v) is 11.1. The van der Waals surface area contributed by atoms with Gasteiger partial charge in [-0.05, 0) is 126 Å². The molecule has 0 amide bonds. The quantitative estimate of drug-likeness (QED) is 0.141. The second-order valence-electron chi connectivity index (χ2n) is 14.5. The van der Waals surface area contributed by atoms with Crippen LogP contribution in [0, 0.1) is 0 Å². The highest BCUT2D eigenvalue weighted by Gasteiger charge is 2.16. The number of hydrogen-bond acceptors (Lipinski definition) is 1. The van der Waals surface area contributed by atoms with Crippen LogP contribution >= 0.6 is 0 Å². The number of benzene rings is 10. The van der Waals surface area contributed by atoms with E-state index in [1.165, 1.54) is 77.2 Å². The fourth-order valence-corrected chi connectivity index (χ4v) is 8.22. The Bertz CT molecular complexity index is 2950. The molecule has 268 valence electrons. The first kappa shape index (κ1) is 34.0. The van der Waals surface area contributed by atoms with Crippen LogP contribution in [0.15, 0.2) is 237 Å². The van der Waals surface area contributed by atoms with Gasteiger partial charge < -0.3 is 4.90 Å². The first-order valence-electron chi connectivity index (χ1n) is 19.6. The lowest BCUT2D eigenvalue weighted by Gasteiger charge is -2.26. The maximum Gasteiger partial charge on any atom is 0.0462 e. The molecule has 0 atom stereocenters. The molecule has 0 spiro atoms. The van der Waals surface area contributed by atoms with E-state index in [2.05, 4.69) is 241 Å². The van der Waals surface area contributed by atoms with E-state index in [0.717, 1.165) is 17.1 Å². The van der Waals surface area contributed by atoms with Gasteiger partial charge in [0.25, 0.3) is 0 Å². The molecule has 1 heteroatoms. The Morgan fingerprint density at radius 1 is 0.211 bits per heavy atom. The van der Waals surface area contributed by atoms with E-state index in [9.17, 15) is 0 Å². The average molecular weight is 726 g/mol. The first-order chi connectivity index (χ1) is 28.3. The van der Waals surface area contributed by atoms with E-state index >= 15 is 0 Å². The summed E-state index contributed by atoms with van der Waals surface area (Å²) in [4.78, 5) is 2.36. The van der Waals surface area contributed by atoms with E-state index in [1.807, 2.05) is 0 Å². The standard InChI is InChI=1S/C56H39N/c1-4-14-40(15-5-1)41-24-31-48(32-25-41)57(50-35-28-45(29-36-50)56-39-47-20-10-11-21-51(47)53-22-12-13-23-54(53)56)49-33-26-42(27-34-49)46-30-37-52(43-16-6-2-7-17-43)55(38-46)44-18-8-3-9-19-44/h1-39H. The Kier molecular flexibility index (Phi) is 8.95. The number of nitrogens with zero attached hydrogens (tertiary/aromatic N) is 1. The molecule has 57 heavy (non-hydrogen) atoms. The average Bonchev–Trinajstić information content (AvgIpc) is 3.30. The molecule has 10 rings (SSSR count). The molecule has 0 radical (unpaired) electrons. The number of fused-ring (bicyclic) bond motifs is 3. The third kappa shape index (κ3) is 6.66. The lowest BCUT2D eigenvalue weighted by molar-refractivity contribution is 1.28. The Morgan fingerprint density at radius 3 is 1.18 bits per heavy atom. The van der Waals surface area contributed by atoms with Gasteiger partial charge in [-0.2, -0.15) is 0 Å². The number of hydrogen-bond donors (Lipinski definition) is 0. The molecule has 0 bridgehead atoms. The Labute approximate surface area is 334 Å². The smallest absolute Gasteiger partial charge is 0.0462 e. The minimum absolute atomic E-state index is 1.10. The fourth-order valence-electron chi connectivity index (χ4n) is 8.22. The van der Waals surface area contributed by atoms with Crippen LogP contribution in [0.4, 0.5) is 17.1 Å². The Balaban J connectivity index is 1.04. The molecule has 0 saturated carbocycles. The van der Waals surface area contributed by atoms with Crippen molar-refractivity contribution in [2.45, 2.75) is 0 Å². The lowest BCUT2D eigenvalue weighted by Crippen LogP contribution is -2.09. The molecule has 0 aliphatic heterocycles. The summed E-state index contributed by atoms with van der Waals surface area (Å²) in [7, 11) is 0. The molecule has 0 saturated heterocycles. The highest BCUT2D eigenvalue weighted by atomic mass is 15.1. The van der Waals surface area contributed by atoms with Crippen molar-refractivity contribution in [3.63, 3.8) is 0 Å². The molecule has 0 fully saturated rings. The summed E-state index contributed by atoms with van der Waals surface area (Å²) in [6.45, 7) is 0. The highest BCUT2D eigenvalue weighted by Crippen LogP contribution is 2.41. The van der Waals surface area contributed by atoms with Gasteiger partial charge in [0.15, 0.2) is 0 Å². The van der Waals surface area contributed by atoms with Crippen LogP contribution in [0.1, 0.15) is 0 Å². The summed E-state index contributed by atoms with van der Waals surface area (Å²) in [6.07, 6.45) is 0. The zero-order chi connectivity index (χ0) is 38.0. The maximum atomic E-state index is 2.36. The summed E-state index contributed by atoms with van der Waals surface area (Å²) >= 11 is 0. The van der Waals surface area contributed by atoms with Crippen molar-refractivity contribution in [3.05, 3.63) is 237 Å². The van der Waals surface area contributed by atoms with Crippen molar-refractivity contribution >= 4 is 38.6 Å². The van der Waals surface area contributed by atoms with Gasteiger partial charge in [-0.25, -0.2) is 0 Å². The summed E-state index contributed by atoms with van der Waals surface area (Å²) in [6, 6.07) is 85.5. The first-order valence-corrected chi connectivity index (χ1v) is 19.6. The fraction of sp³-hybridized carbons (Fsp3) is 0. The summed E-state index contributed by atoms with van der Waals surface area (Å²) in [5.41, 5.74) is 15.4.